The van der Waals surface area contributed by atoms with Crippen molar-refractivity contribution in [2.24, 2.45) is 0 Å². The van der Waals surface area contributed by atoms with Gasteiger partial charge < -0.3 is 9.64 Å². The maximum atomic E-state index is 13.6. The van der Waals surface area contributed by atoms with E-state index in [0.717, 1.165) is 5.56 Å². The molecular formula is C26H24FN3O3S. The molecule has 1 aromatic heterocycles. The molecule has 4 rings (SSSR count). The van der Waals surface area contributed by atoms with Gasteiger partial charge in [0.1, 0.15) is 11.6 Å². The molecule has 0 unspecified atom stereocenters. The number of ether oxygens (including phenoxy) is 1. The number of amides is 1. The van der Waals surface area contributed by atoms with Crippen LogP contribution in [-0.4, -0.2) is 39.8 Å². The highest BCUT2D eigenvalue weighted by Crippen LogP contribution is 2.27. The lowest BCUT2D eigenvalue weighted by Gasteiger charge is -2.21. The van der Waals surface area contributed by atoms with Gasteiger partial charge in [-0.2, -0.15) is 0 Å². The van der Waals surface area contributed by atoms with Crippen LogP contribution in [0.4, 0.5) is 4.39 Å². The third-order valence-electron chi connectivity index (χ3n) is 5.39. The fourth-order valence-corrected chi connectivity index (χ4v) is 4.59. The highest BCUT2D eigenvalue weighted by Gasteiger charge is 2.19. The van der Waals surface area contributed by atoms with Crippen LogP contribution in [0.1, 0.15) is 12.5 Å². The summed E-state index contributed by atoms with van der Waals surface area (Å²) < 4.78 is 20.5. The van der Waals surface area contributed by atoms with Crippen LogP contribution in [0.25, 0.3) is 16.6 Å². The van der Waals surface area contributed by atoms with E-state index >= 15 is 0 Å². The first-order chi connectivity index (χ1) is 16.5. The summed E-state index contributed by atoms with van der Waals surface area (Å²) in [6.07, 6.45) is 0. The number of benzene rings is 3. The van der Waals surface area contributed by atoms with Crippen LogP contribution in [0.5, 0.6) is 5.75 Å². The van der Waals surface area contributed by atoms with Gasteiger partial charge in [0.2, 0.25) is 5.91 Å². The third-order valence-corrected chi connectivity index (χ3v) is 6.32. The number of rotatable bonds is 8. The van der Waals surface area contributed by atoms with E-state index < -0.39 is 0 Å². The zero-order chi connectivity index (χ0) is 24.1. The lowest BCUT2D eigenvalue weighted by Crippen LogP contribution is -2.32. The fraction of sp³-hybridized carbons (Fsp3) is 0.192. The van der Waals surface area contributed by atoms with E-state index in [1.807, 2.05) is 25.1 Å². The van der Waals surface area contributed by atoms with E-state index in [1.165, 1.54) is 28.5 Å². The molecule has 3 aromatic carbocycles. The Morgan fingerprint density at radius 1 is 1.09 bits per heavy atom. The third kappa shape index (κ3) is 4.97. The predicted octanol–water partition coefficient (Wildman–Crippen LogP) is 4.67. The molecule has 6 nitrogen and oxygen atoms in total. The molecule has 0 saturated heterocycles. The molecule has 0 aliphatic rings. The first-order valence-electron chi connectivity index (χ1n) is 10.8. The summed E-state index contributed by atoms with van der Waals surface area (Å²) in [6.45, 7) is 2.65. The molecule has 1 amide bonds. The second-order valence-electron chi connectivity index (χ2n) is 7.55. The van der Waals surface area contributed by atoms with Crippen LogP contribution < -0.4 is 10.3 Å². The molecule has 0 spiro atoms. The molecule has 8 heteroatoms. The van der Waals surface area contributed by atoms with Gasteiger partial charge in [0.25, 0.3) is 5.56 Å². The minimum absolute atomic E-state index is 0.0725. The van der Waals surface area contributed by atoms with Crippen LogP contribution in [0.15, 0.2) is 82.7 Å². The number of aromatic nitrogens is 2. The molecule has 0 aliphatic heterocycles. The molecule has 0 radical (unpaired) electrons. The van der Waals surface area contributed by atoms with Crippen molar-refractivity contribution >= 4 is 28.6 Å². The van der Waals surface area contributed by atoms with Gasteiger partial charge in [0.15, 0.2) is 5.16 Å². The van der Waals surface area contributed by atoms with E-state index in [4.69, 9.17) is 9.72 Å². The van der Waals surface area contributed by atoms with E-state index in [1.54, 1.807) is 54.5 Å². The molecule has 0 fully saturated rings. The Morgan fingerprint density at radius 3 is 2.62 bits per heavy atom. The number of carbonyl (C=O) groups is 1. The van der Waals surface area contributed by atoms with Gasteiger partial charge in [-0.1, -0.05) is 48.2 Å². The highest BCUT2D eigenvalue weighted by molar-refractivity contribution is 7.99. The topological polar surface area (TPSA) is 64.4 Å². The van der Waals surface area contributed by atoms with Gasteiger partial charge in [-0.25, -0.2) is 9.37 Å². The van der Waals surface area contributed by atoms with Crippen molar-refractivity contribution in [3.63, 3.8) is 0 Å². The van der Waals surface area contributed by atoms with Crippen molar-refractivity contribution in [2.45, 2.75) is 18.6 Å². The molecule has 0 saturated carbocycles. The Kier molecular flexibility index (Phi) is 7.27. The highest BCUT2D eigenvalue weighted by atomic mass is 32.2. The van der Waals surface area contributed by atoms with Crippen molar-refractivity contribution < 1.29 is 13.9 Å². The molecule has 0 bridgehead atoms. The standard InChI is InChI=1S/C26H24FN3O3S/c1-3-29(16-18-9-8-10-19(27)15-18)24(31)17-34-26-28-21-12-5-4-11-20(21)25(32)30(26)22-13-6-7-14-23(22)33-2/h4-15H,3,16-17H2,1-2H3. The zero-order valence-corrected chi connectivity index (χ0v) is 19.7. The summed E-state index contributed by atoms with van der Waals surface area (Å²) in [6, 6.07) is 20.5. The number of hydrogen-bond donors (Lipinski definition) is 0. The van der Waals surface area contributed by atoms with Crippen molar-refractivity contribution in [3.8, 4) is 11.4 Å². The summed E-state index contributed by atoms with van der Waals surface area (Å²) >= 11 is 1.19. The number of methoxy groups -OCH3 is 1. The van der Waals surface area contributed by atoms with Crippen molar-refractivity contribution in [3.05, 3.63) is 94.5 Å². The summed E-state index contributed by atoms with van der Waals surface area (Å²) in [5.41, 5.74) is 1.59. The number of nitrogens with zero attached hydrogens (tertiary/aromatic N) is 3. The monoisotopic (exact) mass is 477 g/mol. The number of fused-ring (bicyclic) bond motifs is 1. The average Bonchev–Trinajstić information content (AvgIpc) is 2.86. The van der Waals surface area contributed by atoms with Gasteiger partial charge in [-0.05, 0) is 48.9 Å². The second kappa shape index (κ2) is 10.5. The van der Waals surface area contributed by atoms with E-state index in [2.05, 4.69) is 0 Å². The number of hydrogen-bond acceptors (Lipinski definition) is 5. The number of halogens is 1. The van der Waals surface area contributed by atoms with Gasteiger partial charge >= 0.3 is 0 Å². The van der Waals surface area contributed by atoms with Crippen LogP contribution in [0, 0.1) is 5.82 Å². The quantitative estimate of drug-likeness (QED) is 0.273. The Morgan fingerprint density at radius 2 is 1.85 bits per heavy atom. The molecule has 174 valence electrons. The number of thioether (sulfide) groups is 1. The van der Waals surface area contributed by atoms with Crippen LogP contribution in [-0.2, 0) is 11.3 Å². The molecule has 34 heavy (non-hydrogen) atoms. The van der Waals surface area contributed by atoms with Gasteiger partial charge in [-0.3, -0.25) is 14.2 Å². The molecule has 0 N–H and O–H groups in total. The van der Waals surface area contributed by atoms with Gasteiger partial charge in [0, 0.05) is 13.1 Å². The van der Waals surface area contributed by atoms with Crippen LogP contribution in [0.2, 0.25) is 0 Å². The SMILES string of the molecule is CCN(Cc1cccc(F)c1)C(=O)CSc1nc2ccccc2c(=O)n1-c1ccccc1OC. The Labute approximate surface area is 201 Å². The predicted molar refractivity (Wildman–Crippen MR) is 132 cm³/mol. The first kappa shape index (κ1) is 23.5. The van der Waals surface area contributed by atoms with Crippen molar-refractivity contribution in [2.75, 3.05) is 19.4 Å². The molecule has 0 aliphatic carbocycles. The van der Waals surface area contributed by atoms with Gasteiger partial charge in [-0.15, -0.1) is 0 Å². The fourth-order valence-electron chi connectivity index (χ4n) is 3.69. The van der Waals surface area contributed by atoms with Crippen LogP contribution >= 0.6 is 11.8 Å². The summed E-state index contributed by atoms with van der Waals surface area (Å²) in [5.74, 6) is 0.127. The van der Waals surface area contributed by atoms with Gasteiger partial charge in [0.05, 0.1) is 29.5 Å². The minimum atomic E-state index is -0.337. The van der Waals surface area contributed by atoms with Crippen LogP contribution in [0.3, 0.4) is 0 Å². The van der Waals surface area contributed by atoms with E-state index in [-0.39, 0.29) is 23.0 Å². The smallest absolute Gasteiger partial charge is 0.266 e. The Hall–Kier alpha value is -3.65. The summed E-state index contributed by atoms with van der Waals surface area (Å²) in [5, 5.41) is 0.869. The normalized spacial score (nSPS) is 10.9. The largest absolute Gasteiger partial charge is 0.495 e. The maximum Gasteiger partial charge on any atom is 0.266 e. The Bertz CT molecular complexity index is 1390. The van der Waals surface area contributed by atoms with Crippen molar-refractivity contribution in [1.29, 1.82) is 0 Å². The molecule has 4 aromatic rings. The lowest BCUT2D eigenvalue weighted by molar-refractivity contribution is -0.128. The summed E-state index contributed by atoms with van der Waals surface area (Å²) in [4.78, 5) is 32.8. The van der Waals surface area contributed by atoms with E-state index in [0.29, 0.717) is 40.6 Å². The Balaban J connectivity index is 1.67. The molecule has 0 atom stereocenters. The maximum absolute atomic E-state index is 13.6. The first-order valence-corrected chi connectivity index (χ1v) is 11.8. The molecule has 1 heterocycles. The summed E-state index contributed by atoms with van der Waals surface area (Å²) in [7, 11) is 1.54. The minimum Gasteiger partial charge on any atom is -0.495 e. The average molecular weight is 478 g/mol. The lowest BCUT2D eigenvalue weighted by atomic mass is 10.2. The number of para-hydroxylation sites is 3. The molecular weight excluding hydrogens is 453 g/mol. The zero-order valence-electron chi connectivity index (χ0n) is 18.9. The number of carbonyl (C=O) groups excluding carboxylic acids is 1. The van der Waals surface area contributed by atoms with E-state index in [9.17, 15) is 14.0 Å². The van der Waals surface area contributed by atoms with Crippen molar-refractivity contribution in [1.82, 2.24) is 14.5 Å². The second-order valence-corrected chi connectivity index (χ2v) is 8.49.